The lowest BCUT2D eigenvalue weighted by Crippen LogP contribution is -2.41. The maximum absolute atomic E-state index is 12.7. The van der Waals surface area contributed by atoms with Gasteiger partial charge in [0.15, 0.2) is 0 Å². The van der Waals surface area contributed by atoms with E-state index in [0.717, 1.165) is 11.3 Å². The van der Waals surface area contributed by atoms with Crippen LogP contribution in [0.5, 0.6) is 0 Å². The molecule has 0 spiro atoms. The van der Waals surface area contributed by atoms with Gasteiger partial charge in [0.2, 0.25) is 10.0 Å². The van der Waals surface area contributed by atoms with E-state index in [1.54, 1.807) is 6.07 Å². The minimum Gasteiger partial charge on any atom is -0.310 e. The Kier molecular flexibility index (Phi) is 6.14. The van der Waals surface area contributed by atoms with Gasteiger partial charge in [0, 0.05) is 17.5 Å². The summed E-state index contributed by atoms with van der Waals surface area (Å²) in [5.41, 5.74) is 0. The fourth-order valence-corrected chi connectivity index (χ4v) is 3.64. The molecule has 0 aliphatic carbocycles. The van der Waals surface area contributed by atoms with Crippen molar-refractivity contribution in [1.82, 2.24) is 10.0 Å². The topological polar surface area (TPSA) is 58.2 Å². The highest BCUT2D eigenvalue weighted by Gasteiger charge is 2.41. The van der Waals surface area contributed by atoms with Crippen LogP contribution in [0.4, 0.5) is 17.6 Å². The fourth-order valence-electron chi connectivity index (χ4n) is 1.24. The van der Waals surface area contributed by atoms with E-state index in [4.69, 9.17) is 0 Å². The highest BCUT2D eigenvalue weighted by atomic mass is 32.2. The summed E-state index contributed by atoms with van der Waals surface area (Å²) in [5.74, 6) is -4.40. The molecule has 0 saturated heterocycles. The molecule has 0 bridgehead atoms. The Hall–Kier alpha value is -0.710. The molecular formula is C11H16F4N2O2S2. The molecule has 0 unspecified atom stereocenters. The fraction of sp³-hybridized carbons (Fsp3) is 0.636. The third-order valence-electron chi connectivity index (χ3n) is 2.40. The molecule has 10 heteroatoms. The van der Waals surface area contributed by atoms with Gasteiger partial charge in [0.05, 0.1) is 6.54 Å². The van der Waals surface area contributed by atoms with Crippen LogP contribution in [0.3, 0.4) is 0 Å². The number of hydrogen-bond acceptors (Lipinski definition) is 4. The van der Waals surface area contributed by atoms with E-state index in [0.29, 0.717) is 11.4 Å². The number of halogens is 4. The zero-order valence-corrected chi connectivity index (χ0v) is 13.0. The summed E-state index contributed by atoms with van der Waals surface area (Å²) in [6.45, 7) is 2.63. The number of nitrogens with one attached hydrogen (secondary N) is 2. The second-order valence-electron chi connectivity index (χ2n) is 4.64. The first-order chi connectivity index (χ1) is 9.54. The van der Waals surface area contributed by atoms with Crippen LogP contribution in [-0.2, 0) is 16.6 Å². The van der Waals surface area contributed by atoms with Crippen molar-refractivity contribution in [2.45, 2.75) is 43.0 Å². The molecule has 0 fully saturated rings. The van der Waals surface area contributed by atoms with E-state index in [1.807, 2.05) is 13.8 Å². The minimum atomic E-state index is -4.40. The van der Waals surface area contributed by atoms with Gasteiger partial charge in [-0.25, -0.2) is 21.9 Å². The number of thiophene rings is 1. The Morgan fingerprint density at radius 2 is 1.90 bits per heavy atom. The maximum atomic E-state index is 12.7. The quantitative estimate of drug-likeness (QED) is 0.710. The lowest BCUT2D eigenvalue weighted by molar-refractivity contribution is -0.122. The largest absolute Gasteiger partial charge is 0.320 e. The zero-order valence-electron chi connectivity index (χ0n) is 11.4. The first kappa shape index (κ1) is 18.3. The summed E-state index contributed by atoms with van der Waals surface area (Å²) in [4.78, 5) is 0.699. The SMILES string of the molecule is CC(C)NCc1ccc(S(=O)(=O)NCC(F)(F)C(F)F)s1. The second kappa shape index (κ2) is 7.03. The van der Waals surface area contributed by atoms with Crippen LogP contribution in [0.1, 0.15) is 18.7 Å². The predicted octanol–water partition coefficient (Wildman–Crippen LogP) is 2.42. The van der Waals surface area contributed by atoms with Gasteiger partial charge in [0.1, 0.15) is 4.21 Å². The number of alkyl halides is 4. The first-order valence-electron chi connectivity index (χ1n) is 6.02. The second-order valence-corrected chi connectivity index (χ2v) is 7.80. The van der Waals surface area contributed by atoms with E-state index < -0.39 is 28.9 Å². The molecule has 0 radical (unpaired) electrons. The summed E-state index contributed by atoms with van der Waals surface area (Å²) >= 11 is 0.895. The van der Waals surface area contributed by atoms with Crippen LogP contribution < -0.4 is 10.0 Å². The van der Waals surface area contributed by atoms with Gasteiger partial charge in [-0.3, -0.25) is 0 Å². The summed E-state index contributed by atoms with van der Waals surface area (Å²) in [7, 11) is -4.22. The van der Waals surface area contributed by atoms with Crippen LogP contribution in [0, 0.1) is 0 Å². The Bertz CT molecular complexity index is 558. The molecule has 0 amide bonds. The molecule has 122 valence electrons. The Balaban J connectivity index is 2.71. The number of rotatable bonds is 8. The normalized spacial score (nSPS) is 13.3. The van der Waals surface area contributed by atoms with Crippen LogP contribution in [0.15, 0.2) is 16.3 Å². The van der Waals surface area contributed by atoms with Crippen LogP contribution >= 0.6 is 11.3 Å². The van der Waals surface area contributed by atoms with Crippen molar-refractivity contribution in [3.8, 4) is 0 Å². The van der Waals surface area contributed by atoms with Gasteiger partial charge in [-0.1, -0.05) is 13.8 Å². The average molecular weight is 348 g/mol. The molecule has 1 aromatic heterocycles. The van der Waals surface area contributed by atoms with Crippen molar-refractivity contribution in [2.75, 3.05) is 6.54 Å². The van der Waals surface area contributed by atoms with E-state index >= 15 is 0 Å². The van der Waals surface area contributed by atoms with E-state index in [1.165, 1.54) is 10.8 Å². The molecule has 1 rings (SSSR count). The predicted molar refractivity (Wildman–Crippen MR) is 72.4 cm³/mol. The highest BCUT2D eigenvalue weighted by molar-refractivity contribution is 7.91. The van der Waals surface area contributed by atoms with Gasteiger partial charge >= 0.3 is 12.3 Å². The molecule has 0 atom stereocenters. The van der Waals surface area contributed by atoms with Gasteiger partial charge in [-0.2, -0.15) is 8.78 Å². The molecule has 0 aliphatic heterocycles. The maximum Gasteiger partial charge on any atom is 0.320 e. The number of hydrogen-bond donors (Lipinski definition) is 2. The van der Waals surface area contributed by atoms with Crippen molar-refractivity contribution < 1.29 is 26.0 Å². The Labute approximate surface area is 124 Å². The van der Waals surface area contributed by atoms with Crippen molar-refractivity contribution in [3.63, 3.8) is 0 Å². The zero-order chi connectivity index (χ0) is 16.3. The van der Waals surface area contributed by atoms with Crippen LogP contribution in [0.25, 0.3) is 0 Å². The standard InChI is InChI=1S/C11H16F4N2O2S2/c1-7(2)16-5-8-3-4-9(20-8)21(18,19)17-6-11(14,15)10(12)13/h3-4,7,10,16-17H,5-6H2,1-2H3. The summed E-state index contributed by atoms with van der Waals surface area (Å²) in [6.07, 6.45) is -3.92. The van der Waals surface area contributed by atoms with Crippen LogP contribution in [0.2, 0.25) is 0 Å². The van der Waals surface area contributed by atoms with E-state index in [9.17, 15) is 26.0 Å². The first-order valence-corrected chi connectivity index (χ1v) is 8.32. The van der Waals surface area contributed by atoms with Gasteiger partial charge in [0.25, 0.3) is 0 Å². The lowest BCUT2D eigenvalue weighted by atomic mass is 10.4. The Morgan fingerprint density at radius 1 is 1.29 bits per heavy atom. The summed E-state index contributed by atoms with van der Waals surface area (Å²) in [6, 6.07) is 3.00. The minimum absolute atomic E-state index is 0.187. The molecule has 0 aliphatic rings. The van der Waals surface area contributed by atoms with Gasteiger partial charge < -0.3 is 5.32 Å². The molecule has 21 heavy (non-hydrogen) atoms. The number of sulfonamides is 1. The highest BCUT2D eigenvalue weighted by Crippen LogP contribution is 2.25. The molecule has 4 nitrogen and oxygen atoms in total. The van der Waals surface area contributed by atoms with Crippen molar-refractivity contribution in [3.05, 3.63) is 17.0 Å². The smallest absolute Gasteiger partial charge is 0.310 e. The molecule has 2 N–H and O–H groups in total. The summed E-state index contributed by atoms with van der Waals surface area (Å²) < 4.78 is 74.2. The molecular weight excluding hydrogens is 332 g/mol. The monoisotopic (exact) mass is 348 g/mol. The van der Waals surface area contributed by atoms with Gasteiger partial charge in [-0.05, 0) is 12.1 Å². The van der Waals surface area contributed by atoms with Crippen molar-refractivity contribution >= 4 is 21.4 Å². The third kappa shape index (κ3) is 5.53. The summed E-state index contributed by atoms with van der Waals surface area (Å²) in [5, 5.41) is 3.07. The van der Waals surface area contributed by atoms with E-state index in [-0.39, 0.29) is 10.3 Å². The average Bonchev–Trinajstić information content (AvgIpc) is 2.83. The lowest BCUT2D eigenvalue weighted by Gasteiger charge is -2.15. The molecule has 0 saturated carbocycles. The van der Waals surface area contributed by atoms with Crippen molar-refractivity contribution in [1.29, 1.82) is 0 Å². The third-order valence-corrected chi connectivity index (χ3v) is 5.38. The van der Waals surface area contributed by atoms with Gasteiger partial charge in [-0.15, -0.1) is 11.3 Å². The Morgan fingerprint density at radius 3 is 2.43 bits per heavy atom. The molecule has 1 heterocycles. The molecule has 0 aromatic carbocycles. The molecule has 1 aromatic rings. The van der Waals surface area contributed by atoms with Crippen LogP contribution in [-0.4, -0.2) is 33.4 Å². The van der Waals surface area contributed by atoms with E-state index in [2.05, 4.69) is 5.32 Å². The van der Waals surface area contributed by atoms with Crippen molar-refractivity contribution in [2.24, 2.45) is 0 Å².